The molecule has 1 aliphatic heterocycles. The van der Waals surface area contributed by atoms with Crippen LogP contribution in [0.5, 0.6) is 0 Å². The lowest BCUT2D eigenvalue weighted by Gasteiger charge is -2.17. The Morgan fingerprint density at radius 3 is 2.67 bits per heavy atom. The Morgan fingerprint density at radius 1 is 1.24 bits per heavy atom. The third-order valence-electron chi connectivity index (χ3n) is 4.84. The number of benzene rings is 2. The number of aryl methyl sites for hydroxylation is 1. The van der Waals surface area contributed by atoms with E-state index in [4.69, 9.17) is 16.3 Å². The Hall–Kier alpha value is -3.99. The number of nitrogens with zero attached hydrogens (tertiary/aromatic N) is 2. The molecule has 0 aliphatic carbocycles. The number of hydrazine groups is 1. The molecule has 0 spiro atoms. The molecule has 0 saturated carbocycles. The molecule has 33 heavy (non-hydrogen) atoms. The van der Waals surface area contributed by atoms with E-state index in [0.717, 1.165) is 16.6 Å². The van der Waals surface area contributed by atoms with Gasteiger partial charge < -0.3 is 10.1 Å². The average Bonchev–Trinajstić information content (AvgIpc) is 3.14. The molecule has 2 aromatic rings. The minimum atomic E-state index is -0.912. The van der Waals surface area contributed by atoms with E-state index in [1.807, 2.05) is 6.92 Å². The number of nitro groups is 1. The van der Waals surface area contributed by atoms with Crippen molar-refractivity contribution in [2.24, 2.45) is 5.92 Å². The number of nitro benzene ring substituents is 1. The van der Waals surface area contributed by atoms with Gasteiger partial charge in [-0.1, -0.05) is 29.8 Å². The van der Waals surface area contributed by atoms with Crippen LogP contribution in [-0.2, 0) is 19.1 Å². The fourth-order valence-electron chi connectivity index (χ4n) is 3.10. The average molecular weight is 475 g/mol. The summed E-state index contributed by atoms with van der Waals surface area (Å²) in [7, 11) is 0. The first kappa shape index (κ1) is 23.7. The molecule has 1 fully saturated rings. The zero-order valence-corrected chi connectivity index (χ0v) is 18.1. The van der Waals surface area contributed by atoms with Crippen LogP contribution in [0.25, 0.3) is 0 Å². The summed E-state index contributed by atoms with van der Waals surface area (Å²) < 4.78 is 4.99. The smallest absolute Gasteiger partial charge is 0.311 e. The first-order chi connectivity index (χ1) is 15.7. The molecule has 1 heterocycles. The van der Waals surface area contributed by atoms with Crippen LogP contribution in [0.15, 0.2) is 42.5 Å². The van der Waals surface area contributed by atoms with Gasteiger partial charge in [0.2, 0.25) is 5.91 Å². The third-order valence-corrected chi connectivity index (χ3v) is 5.25. The van der Waals surface area contributed by atoms with Crippen LogP contribution in [0.1, 0.15) is 22.3 Å². The molecule has 1 aliphatic rings. The molecule has 3 rings (SSSR count). The van der Waals surface area contributed by atoms with Gasteiger partial charge in [-0.15, -0.1) is 0 Å². The molecule has 2 N–H and O–H groups in total. The monoisotopic (exact) mass is 474 g/mol. The van der Waals surface area contributed by atoms with E-state index in [1.54, 1.807) is 18.2 Å². The van der Waals surface area contributed by atoms with E-state index in [9.17, 15) is 29.3 Å². The van der Waals surface area contributed by atoms with Crippen molar-refractivity contribution in [2.75, 3.05) is 18.5 Å². The molecule has 1 saturated heterocycles. The molecule has 1 atom stereocenters. The molecular weight excluding hydrogens is 456 g/mol. The van der Waals surface area contributed by atoms with E-state index in [2.05, 4.69) is 10.7 Å². The summed E-state index contributed by atoms with van der Waals surface area (Å²) in [5.41, 5.74) is 2.90. The number of ether oxygens (including phenoxy) is 1. The van der Waals surface area contributed by atoms with Crippen LogP contribution in [0.4, 0.5) is 11.4 Å². The molecule has 12 heteroatoms. The second kappa shape index (κ2) is 10.1. The molecular formula is C21H19ClN4O7. The zero-order valence-electron chi connectivity index (χ0n) is 17.4. The van der Waals surface area contributed by atoms with Crippen molar-refractivity contribution in [3.05, 3.63) is 68.7 Å². The normalized spacial score (nSPS) is 15.2. The highest BCUT2D eigenvalue weighted by molar-refractivity contribution is 6.31. The SMILES string of the molecule is Cc1ccc(NC(=O)COC(=O)[C@H]2CC(=O)N(NC(=O)c3ccccc3[N+](=O)[O-])C2)cc1Cl. The Balaban J connectivity index is 1.52. The number of carbonyl (C=O) groups excluding carboxylic acids is 4. The van der Waals surface area contributed by atoms with Gasteiger partial charge in [-0.05, 0) is 30.7 Å². The van der Waals surface area contributed by atoms with Crippen LogP contribution >= 0.6 is 11.6 Å². The van der Waals surface area contributed by atoms with Crippen LogP contribution in [0.3, 0.4) is 0 Å². The van der Waals surface area contributed by atoms with Crippen LogP contribution in [0.2, 0.25) is 5.02 Å². The van der Waals surface area contributed by atoms with E-state index in [-0.39, 0.29) is 18.5 Å². The van der Waals surface area contributed by atoms with Crippen molar-refractivity contribution < 1.29 is 28.8 Å². The molecule has 2 aromatic carbocycles. The molecule has 11 nitrogen and oxygen atoms in total. The summed E-state index contributed by atoms with van der Waals surface area (Å²) in [6, 6.07) is 10.2. The fraction of sp³-hybridized carbons (Fsp3) is 0.238. The Kier molecular flexibility index (Phi) is 7.23. The number of amides is 3. The van der Waals surface area contributed by atoms with E-state index in [0.29, 0.717) is 10.7 Å². The first-order valence-corrected chi connectivity index (χ1v) is 10.1. The summed E-state index contributed by atoms with van der Waals surface area (Å²) >= 11 is 6.00. The van der Waals surface area contributed by atoms with Gasteiger partial charge in [-0.25, -0.2) is 0 Å². The maximum absolute atomic E-state index is 12.4. The summed E-state index contributed by atoms with van der Waals surface area (Å²) in [6.45, 7) is 1.04. The Morgan fingerprint density at radius 2 is 1.97 bits per heavy atom. The Bertz CT molecular complexity index is 1140. The van der Waals surface area contributed by atoms with Gasteiger partial charge in [0.05, 0.1) is 17.4 Å². The maximum atomic E-state index is 12.4. The van der Waals surface area contributed by atoms with Gasteiger partial charge in [0.25, 0.3) is 17.5 Å². The highest BCUT2D eigenvalue weighted by Crippen LogP contribution is 2.22. The lowest BCUT2D eigenvalue weighted by atomic mass is 10.1. The number of para-hydroxylation sites is 1. The molecule has 0 bridgehead atoms. The third kappa shape index (κ3) is 5.83. The number of rotatable bonds is 7. The van der Waals surface area contributed by atoms with Gasteiger partial charge in [0, 0.05) is 23.2 Å². The molecule has 0 unspecified atom stereocenters. The molecule has 3 amide bonds. The van der Waals surface area contributed by atoms with Gasteiger partial charge in [0.15, 0.2) is 6.61 Å². The second-order valence-corrected chi connectivity index (χ2v) is 7.65. The van der Waals surface area contributed by atoms with Gasteiger partial charge >= 0.3 is 5.97 Å². The second-order valence-electron chi connectivity index (χ2n) is 7.24. The zero-order chi connectivity index (χ0) is 24.1. The predicted molar refractivity (Wildman–Crippen MR) is 116 cm³/mol. The minimum Gasteiger partial charge on any atom is -0.455 e. The summed E-state index contributed by atoms with van der Waals surface area (Å²) in [5.74, 6) is -3.72. The van der Waals surface area contributed by atoms with Crippen LogP contribution in [0, 0.1) is 23.0 Å². The first-order valence-electron chi connectivity index (χ1n) is 9.73. The predicted octanol–water partition coefficient (Wildman–Crippen LogP) is 2.23. The van der Waals surface area contributed by atoms with Crippen LogP contribution in [-0.4, -0.2) is 46.8 Å². The van der Waals surface area contributed by atoms with Gasteiger partial charge in [-0.3, -0.25) is 39.7 Å². The number of nitrogens with one attached hydrogen (secondary N) is 2. The van der Waals surface area contributed by atoms with Crippen molar-refractivity contribution in [1.82, 2.24) is 10.4 Å². The van der Waals surface area contributed by atoms with Gasteiger partial charge in [0.1, 0.15) is 5.56 Å². The van der Waals surface area contributed by atoms with E-state index in [1.165, 1.54) is 18.2 Å². The number of anilines is 1. The highest BCUT2D eigenvalue weighted by Gasteiger charge is 2.37. The largest absolute Gasteiger partial charge is 0.455 e. The van der Waals surface area contributed by atoms with Crippen molar-refractivity contribution in [3.63, 3.8) is 0 Å². The number of esters is 1. The van der Waals surface area contributed by atoms with Crippen molar-refractivity contribution >= 4 is 46.7 Å². The highest BCUT2D eigenvalue weighted by atomic mass is 35.5. The number of hydrogen-bond donors (Lipinski definition) is 2. The van der Waals surface area contributed by atoms with E-state index >= 15 is 0 Å². The number of hydrogen-bond acceptors (Lipinski definition) is 7. The van der Waals surface area contributed by atoms with Crippen molar-refractivity contribution in [1.29, 1.82) is 0 Å². The molecule has 0 aromatic heterocycles. The van der Waals surface area contributed by atoms with Crippen LogP contribution < -0.4 is 10.7 Å². The summed E-state index contributed by atoms with van der Waals surface area (Å²) in [4.78, 5) is 59.3. The Labute approximate surface area is 192 Å². The number of halogens is 1. The van der Waals surface area contributed by atoms with Crippen molar-refractivity contribution in [2.45, 2.75) is 13.3 Å². The number of carbonyl (C=O) groups is 4. The lowest BCUT2D eigenvalue weighted by molar-refractivity contribution is -0.385. The van der Waals surface area contributed by atoms with E-state index < -0.39 is 46.8 Å². The topological polar surface area (TPSA) is 148 Å². The molecule has 0 radical (unpaired) electrons. The summed E-state index contributed by atoms with van der Waals surface area (Å²) in [6.07, 6.45) is -0.245. The fourth-order valence-corrected chi connectivity index (χ4v) is 3.28. The standard InChI is InChI=1S/C21H19ClN4O7/c1-12-6-7-14(9-16(12)22)23-18(27)11-33-21(30)13-8-19(28)25(10-13)24-20(29)15-4-2-3-5-17(15)26(31)32/h2-7,9,13H,8,10-11H2,1H3,(H,23,27)(H,24,29)/t13-/m0/s1. The molecule has 172 valence electrons. The van der Waals surface area contributed by atoms with Gasteiger partial charge in [-0.2, -0.15) is 0 Å². The minimum absolute atomic E-state index is 0.195. The maximum Gasteiger partial charge on any atom is 0.311 e. The summed E-state index contributed by atoms with van der Waals surface area (Å²) in [5, 5.41) is 15.0. The lowest BCUT2D eigenvalue weighted by Crippen LogP contribution is -2.43. The van der Waals surface area contributed by atoms with Crippen molar-refractivity contribution in [3.8, 4) is 0 Å². The quantitative estimate of drug-likeness (QED) is 0.355.